The summed E-state index contributed by atoms with van der Waals surface area (Å²) in [6.45, 7) is 0. The highest BCUT2D eigenvalue weighted by Crippen LogP contribution is 2.24. The van der Waals surface area contributed by atoms with Crippen molar-refractivity contribution in [1.29, 1.82) is 0 Å². The fourth-order valence-corrected chi connectivity index (χ4v) is 1.37. The Morgan fingerprint density at radius 2 is 2.00 bits per heavy atom. The van der Waals surface area contributed by atoms with Crippen molar-refractivity contribution in [3.05, 3.63) is 41.1 Å². The summed E-state index contributed by atoms with van der Waals surface area (Å²) < 4.78 is 9.44. The van der Waals surface area contributed by atoms with E-state index in [9.17, 15) is 4.79 Å². The van der Waals surface area contributed by atoms with E-state index in [-0.39, 0.29) is 0 Å². The molecule has 0 unspecified atom stereocenters. The lowest BCUT2D eigenvalue weighted by molar-refractivity contribution is -0.133. The van der Waals surface area contributed by atoms with E-state index in [1.54, 1.807) is 24.3 Å². The first-order valence-corrected chi connectivity index (χ1v) is 4.64. The second-order valence-corrected chi connectivity index (χ2v) is 3.15. The van der Waals surface area contributed by atoms with Crippen LogP contribution in [0.3, 0.4) is 0 Å². The number of rotatable bonds is 3. The zero-order chi connectivity index (χ0) is 11.3. The fraction of sp³-hybridized carbons (Fsp3) is 0.182. The van der Waals surface area contributed by atoms with Crippen LogP contribution in [0.25, 0.3) is 5.57 Å². The molecule has 0 aliphatic rings. The molecule has 0 saturated heterocycles. The van der Waals surface area contributed by atoms with Gasteiger partial charge < -0.3 is 9.47 Å². The second kappa shape index (κ2) is 5.41. The summed E-state index contributed by atoms with van der Waals surface area (Å²) >= 11 is 5.95. The Morgan fingerprint density at radius 1 is 1.33 bits per heavy atom. The predicted molar refractivity (Wildman–Crippen MR) is 58.5 cm³/mol. The van der Waals surface area contributed by atoms with Crippen LogP contribution in [0.4, 0.5) is 0 Å². The summed E-state index contributed by atoms with van der Waals surface area (Å²) in [5.41, 5.74) is 0.887. The van der Waals surface area contributed by atoms with E-state index in [1.165, 1.54) is 20.5 Å². The Labute approximate surface area is 93.3 Å². The number of hydrogen-bond acceptors (Lipinski definition) is 3. The summed E-state index contributed by atoms with van der Waals surface area (Å²) in [4.78, 5) is 11.4. The number of esters is 1. The summed E-state index contributed by atoms with van der Waals surface area (Å²) in [5, 5.41) is 0.478. The lowest BCUT2D eigenvalue weighted by atomic mass is 10.1. The van der Waals surface area contributed by atoms with Crippen LogP contribution < -0.4 is 0 Å². The molecule has 0 spiro atoms. The van der Waals surface area contributed by atoms with Gasteiger partial charge in [0.2, 0.25) is 0 Å². The van der Waals surface area contributed by atoms with Crippen LogP contribution >= 0.6 is 11.6 Å². The highest BCUT2D eigenvalue weighted by atomic mass is 35.5. The molecular weight excluding hydrogens is 216 g/mol. The van der Waals surface area contributed by atoms with Gasteiger partial charge in [0.25, 0.3) is 0 Å². The highest BCUT2D eigenvalue weighted by molar-refractivity contribution is 6.34. The third-order valence-corrected chi connectivity index (χ3v) is 2.13. The molecule has 0 radical (unpaired) electrons. The van der Waals surface area contributed by atoms with Gasteiger partial charge in [0, 0.05) is 10.6 Å². The standard InChI is InChI=1S/C11H11ClO3/c1-14-7-9(11(13)15-2)8-5-3-4-6-10(8)12/h3-7H,1-2H3/b9-7+. The Balaban J connectivity index is 3.17. The Morgan fingerprint density at radius 3 is 2.53 bits per heavy atom. The van der Waals surface area contributed by atoms with Crippen LogP contribution in [0.15, 0.2) is 30.5 Å². The van der Waals surface area contributed by atoms with Gasteiger partial charge in [-0.05, 0) is 6.07 Å². The molecule has 0 bridgehead atoms. The SMILES string of the molecule is CO/C=C(/C(=O)OC)c1ccccc1Cl. The van der Waals surface area contributed by atoms with Crippen molar-refractivity contribution in [2.45, 2.75) is 0 Å². The lowest BCUT2D eigenvalue weighted by Gasteiger charge is -2.06. The summed E-state index contributed by atoms with van der Waals surface area (Å²) in [6, 6.07) is 6.99. The number of carbonyl (C=O) groups excluding carboxylic acids is 1. The van der Waals surface area contributed by atoms with Crippen molar-refractivity contribution in [2.75, 3.05) is 14.2 Å². The summed E-state index contributed by atoms with van der Waals surface area (Å²) in [7, 11) is 2.77. The number of methoxy groups -OCH3 is 2. The minimum absolute atomic E-state index is 0.297. The lowest BCUT2D eigenvalue weighted by Crippen LogP contribution is -2.04. The molecule has 0 aromatic heterocycles. The molecule has 0 atom stereocenters. The highest BCUT2D eigenvalue weighted by Gasteiger charge is 2.15. The molecule has 80 valence electrons. The van der Waals surface area contributed by atoms with Gasteiger partial charge in [0.15, 0.2) is 0 Å². The van der Waals surface area contributed by atoms with Crippen molar-refractivity contribution < 1.29 is 14.3 Å². The third-order valence-electron chi connectivity index (χ3n) is 1.81. The molecule has 0 saturated carbocycles. The number of ether oxygens (including phenoxy) is 2. The summed E-state index contributed by atoms with van der Waals surface area (Å²) in [5.74, 6) is -0.482. The molecule has 0 fully saturated rings. The van der Waals surface area contributed by atoms with Crippen LogP contribution in [0.1, 0.15) is 5.56 Å². The first-order chi connectivity index (χ1) is 7.20. The maximum atomic E-state index is 11.4. The third kappa shape index (κ3) is 2.73. The molecule has 0 aliphatic heterocycles. The molecule has 1 aromatic rings. The molecule has 0 heterocycles. The van der Waals surface area contributed by atoms with Gasteiger partial charge in [-0.3, -0.25) is 0 Å². The first kappa shape index (κ1) is 11.6. The molecule has 0 amide bonds. The Hall–Kier alpha value is -1.48. The number of hydrogen-bond donors (Lipinski definition) is 0. The monoisotopic (exact) mass is 226 g/mol. The van der Waals surface area contributed by atoms with E-state index in [0.717, 1.165) is 0 Å². The normalized spacial score (nSPS) is 11.0. The zero-order valence-electron chi connectivity index (χ0n) is 8.49. The first-order valence-electron chi connectivity index (χ1n) is 4.27. The number of halogens is 1. The van der Waals surface area contributed by atoms with E-state index in [4.69, 9.17) is 16.3 Å². The van der Waals surface area contributed by atoms with Crippen molar-refractivity contribution in [3.63, 3.8) is 0 Å². The number of carbonyl (C=O) groups is 1. The van der Waals surface area contributed by atoms with Gasteiger partial charge in [-0.15, -0.1) is 0 Å². The molecule has 0 aliphatic carbocycles. The topological polar surface area (TPSA) is 35.5 Å². The maximum Gasteiger partial charge on any atom is 0.341 e. The number of benzene rings is 1. The van der Waals surface area contributed by atoms with Crippen LogP contribution in [0.5, 0.6) is 0 Å². The largest absolute Gasteiger partial charge is 0.503 e. The van der Waals surface area contributed by atoms with Crippen molar-refractivity contribution in [2.24, 2.45) is 0 Å². The van der Waals surface area contributed by atoms with Crippen LogP contribution in [-0.2, 0) is 14.3 Å². The molecular formula is C11H11ClO3. The van der Waals surface area contributed by atoms with Crippen LogP contribution in [0.2, 0.25) is 5.02 Å². The Kier molecular flexibility index (Phi) is 4.18. The van der Waals surface area contributed by atoms with Gasteiger partial charge in [-0.1, -0.05) is 29.8 Å². The summed E-state index contributed by atoms with van der Waals surface area (Å²) in [6.07, 6.45) is 1.31. The fourth-order valence-electron chi connectivity index (χ4n) is 1.13. The molecule has 3 nitrogen and oxygen atoms in total. The smallest absolute Gasteiger partial charge is 0.341 e. The maximum absolute atomic E-state index is 11.4. The van der Waals surface area contributed by atoms with Crippen molar-refractivity contribution >= 4 is 23.1 Å². The Bertz CT molecular complexity index is 385. The van der Waals surface area contributed by atoms with E-state index >= 15 is 0 Å². The quantitative estimate of drug-likeness (QED) is 0.451. The molecule has 15 heavy (non-hydrogen) atoms. The molecule has 0 N–H and O–H groups in total. The van der Waals surface area contributed by atoms with Gasteiger partial charge in [-0.25, -0.2) is 4.79 Å². The van der Waals surface area contributed by atoms with E-state index in [2.05, 4.69) is 4.74 Å². The van der Waals surface area contributed by atoms with Gasteiger partial charge in [-0.2, -0.15) is 0 Å². The van der Waals surface area contributed by atoms with Gasteiger partial charge in [0.1, 0.15) is 5.57 Å². The average Bonchev–Trinajstić information content (AvgIpc) is 2.26. The minimum Gasteiger partial charge on any atom is -0.503 e. The van der Waals surface area contributed by atoms with E-state index < -0.39 is 5.97 Å². The van der Waals surface area contributed by atoms with Crippen molar-refractivity contribution in [3.8, 4) is 0 Å². The van der Waals surface area contributed by atoms with Gasteiger partial charge >= 0.3 is 5.97 Å². The van der Waals surface area contributed by atoms with E-state index in [1.807, 2.05) is 0 Å². The molecule has 1 aromatic carbocycles. The van der Waals surface area contributed by atoms with Gasteiger partial charge in [0.05, 0.1) is 20.5 Å². The minimum atomic E-state index is -0.482. The molecule has 1 rings (SSSR count). The van der Waals surface area contributed by atoms with Crippen LogP contribution in [0, 0.1) is 0 Å². The van der Waals surface area contributed by atoms with E-state index in [0.29, 0.717) is 16.2 Å². The zero-order valence-corrected chi connectivity index (χ0v) is 9.25. The average molecular weight is 227 g/mol. The van der Waals surface area contributed by atoms with Crippen LogP contribution in [-0.4, -0.2) is 20.2 Å². The second-order valence-electron chi connectivity index (χ2n) is 2.74. The molecule has 4 heteroatoms. The predicted octanol–water partition coefficient (Wildman–Crippen LogP) is 2.50. The van der Waals surface area contributed by atoms with Crippen molar-refractivity contribution in [1.82, 2.24) is 0 Å².